The number of aromatic hydroxyl groups is 2. The number of nitrogens with one attached hydrogen (secondary N) is 12. The fraction of sp³-hybridized carbons (Fsp3) is 0.471. The molecule has 0 saturated carbocycles. The van der Waals surface area contributed by atoms with Crippen LogP contribution in [-0.2, 0) is 92.8 Å². The van der Waals surface area contributed by atoms with Crippen molar-refractivity contribution in [2.24, 2.45) is 28.9 Å². The Labute approximate surface area is 609 Å². The van der Waals surface area contributed by atoms with Crippen LogP contribution in [-0.4, -0.2) is 216 Å². The van der Waals surface area contributed by atoms with Crippen LogP contribution < -0.4 is 76.1 Å². The fourth-order valence-corrected chi connectivity index (χ4v) is 11.7. The summed E-state index contributed by atoms with van der Waals surface area (Å²) in [7, 11) is 0. The fourth-order valence-electron chi connectivity index (χ4n) is 11.7. The molecule has 1 aliphatic heterocycles. The molecule has 6 rings (SSSR count). The smallest absolute Gasteiger partial charge is 0.326 e. The number of hydrogen-bond donors (Lipinski definition) is 20. The maximum absolute atomic E-state index is 14.8. The number of primary amides is 2. The molecule has 0 aliphatic carbocycles. The second-order valence-corrected chi connectivity index (χ2v) is 26.0. The number of carbonyl (C=O) groups excluding carboxylic acids is 13. The van der Waals surface area contributed by atoms with E-state index in [1.165, 1.54) is 61.1 Å². The molecule has 5 aromatic rings. The molecule has 12 atom stereocenters. The van der Waals surface area contributed by atoms with E-state index in [9.17, 15) is 87.5 Å². The average molecular weight is 1480 g/mol. The molecule has 36 heteroatoms. The molecule has 0 bridgehead atoms. The Hall–Kier alpha value is -11.5. The number of aromatic amines is 2. The maximum atomic E-state index is 14.8. The first kappa shape index (κ1) is 83.4. The molecular formula is C70H96N18O18. The summed E-state index contributed by atoms with van der Waals surface area (Å²) in [6, 6.07) is 3.48. The Balaban J connectivity index is 1.19. The zero-order valence-electron chi connectivity index (χ0n) is 59.0. The molecule has 0 spiro atoms. The Morgan fingerprint density at radius 1 is 0.575 bits per heavy atom. The predicted molar refractivity (Wildman–Crippen MR) is 381 cm³/mol. The zero-order valence-corrected chi connectivity index (χ0v) is 59.0. The third-order valence-electron chi connectivity index (χ3n) is 17.9. The van der Waals surface area contributed by atoms with Crippen LogP contribution in [0, 0.1) is 5.92 Å². The van der Waals surface area contributed by atoms with Gasteiger partial charge in [0.25, 0.3) is 0 Å². The number of aromatic nitrogens is 3. The number of benzene rings is 3. The van der Waals surface area contributed by atoms with Gasteiger partial charge in [-0.25, -0.2) is 9.78 Å². The standard InChI is InChI=1S/C70H96N18O18/c1-4-37(2)59(68(103)85-51(29-40-16-20-44(91)21-17-40)63(98)77-34-57(94)80-50(28-39-14-18-43(90)19-15-39)62(97)78-35-58(95)88-27-9-13-54(88)70(105)106)86-67(102)53(31-42-33-75-36-79-42)84-64(99)49(23-25-56(74)93)82-69(104)60(38(3)89)87-65(100)48(12-7-8-26-71)81-66(101)52(83-61(96)46(72)22-24-55(73)92)30-41-32-76-47-11-6-5-10-45(41)47/h5-6,10-11,14-21,32-33,36-38,46,48-54,59-60,76,89-91H,4,7-9,12-13,22-31,34-35,71-72H2,1-3H3,(H2,73,92)(H2,74,93)(H,75,79)(H,77,98)(H,78,97)(H,80,94)(H,81,101)(H,82,104)(H,83,96)(H,84,99)(H,85,103)(H,86,102)(H,87,100)(H,105,106)/t37-,38+,46-,48-,49-,50-,51-,52-,53-,54-,59-,60-/m0/s1. The van der Waals surface area contributed by atoms with Crippen LogP contribution in [0.5, 0.6) is 11.5 Å². The number of unbranched alkanes of at least 4 members (excludes halogenated alkanes) is 1. The largest absolute Gasteiger partial charge is 0.508 e. The molecule has 106 heavy (non-hydrogen) atoms. The van der Waals surface area contributed by atoms with Crippen molar-refractivity contribution in [3.05, 3.63) is 114 Å². The molecule has 3 heterocycles. The second-order valence-electron chi connectivity index (χ2n) is 26.0. The number of H-pyrrole nitrogens is 2. The number of carbonyl (C=O) groups is 14. The molecular weight excluding hydrogens is 1380 g/mol. The van der Waals surface area contributed by atoms with E-state index in [1.807, 2.05) is 0 Å². The number of aliphatic hydroxyl groups excluding tert-OH is 1. The summed E-state index contributed by atoms with van der Waals surface area (Å²) < 4.78 is 0. The van der Waals surface area contributed by atoms with Crippen LogP contribution in [0.3, 0.4) is 0 Å². The van der Waals surface area contributed by atoms with Crippen molar-refractivity contribution in [2.75, 3.05) is 26.2 Å². The number of rotatable bonds is 43. The van der Waals surface area contributed by atoms with Crippen LogP contribution in [0.15, 0.2) is 91.5 Å². The number of aliphatic carboxylic acids is 1. The van der Waals surface area contributed by atoms with Crippen molar-refractivity contribution in [3.63, 3.8) is 0 Å². The van der Waals surface area contributed by atoms with Crippen molar-refractivity contribution < 1.29 is 87.5 Å². The van der Waals surface area contributed by atoms with E-state index in [0.717, 1.165) is 11.8 Å². The van der Waals surface area contributed by atoms with Gasteiger partial charge in [0.05, 0.1) is 31.6 Å². The normalized spacial score (nSPS) is 15.7. The van der Waals surface area contributed by atoms with Crippen LogP contribution in [0.2, 0.25) is 0 Å². The lowest BCUT2D eigenvalue weighted by Gasteiger charge is -2.30. The number of amides is 13. The summed E-state index contributed by atoms with van der Waals surface area (Å²) in [6.45, 7) is 3.37. The van der Waals surface area contributed by atoms with Crippen LogP contribution in [0.4, 0.5) is 0 Å². The van der Waals surface area contributed by atoms with Gasteiger partial charge in [0.1, 0.15) is 65.9 Å². The number of fused-ring (bicyclic) bond motifs is 1. The highest BCUT2D eigenvalue weighted by atomic mass is 16.4. The number of aliphatic hydroxyl groups is 1. The van der Waals surface area contributed by atoms with E-state index in [-0.39, 0.29) is 94.5 Å². The van der Waals surface area contributed by atoms with E-state index < -0.39 is 181 Å². The number of nitrogens with zero attached hydrogens (tertiary/aromatic N) is 2. The molecule has 1 aliphatic rings. The van der Waals surface area contributed by atoms with Gasteiger partial charge in [-0.1, -0.05) is 62.7 Å². The Morgan fingerprint density at radius 3 is 1.68 bits per heavy atom. The lowest BCUT2D eigenvalue weighted by atomic mass is 9.96. The number of phenols is 2. The SMILES string of the molecule is CC[C@H](C)[C@H](NC(=O)[C@H](Cc1cnc[nH]1)NC(=O)[C@H](CCC(N)=O)NC(=O)[C@@H](NC(=O)[C@H](CCCCN)NC(=O)[C@H](Cc1c[nH]c2ccccc12)NC(=O)[C@@H](N)CCC(N)=O)[C@@H](C)O)C(=O)N[C@@H](Cc1ccc(O)cc1)C(=O)NCC(=O)N[C@@H](Cc1ccc(O)cc1)C(=O)NCC(=O)N1CCC[C@H]1C(=O)O. The number of carboxylic acid groups (broad SMARTS) is 1. The van der Waals surface area contributed by atoms with Crippen LogP contribution in [0.25, 0.3) is 10.9 Å². The number of hydrogen-bond acceptors (Lipinski definition) is 20. The van der Waals surface area contributed by atoms with Crippen molar-refractivity contribution in [1.29, 1.82) is 0 Å². The minimum absolute atomic E-state index is 0.0854. The molecule has 36 nitrogen and oxygen atoms in total. The van der Waals surface area contributed by atoms with Crippen molar-refractivity contribution >= 4 is 93.7 Å². The third-order valence-corrected chi connectivity index (χ3v) is 17.9. The summed E-state index contributed by atoms with van der Waals surface area (Å²) in [4.78, 5) is 202. The molecule has 3 aromatic carbocycles. The van der Waals surface area contributed by atoms with Gasteiger partial charge in [0.2, 0.25) is 76.8 Å². The summed E-state index contributed by atoms with van der Waals surface area (Å²) >= 11 is 0. The zero-order chi connectivity index (χ0) is 77.7. The maximum Gasteiger partial charge on any atom is 0.326 e. The van der Waals surface area contributed by atoms with Gasteiger partial charge in [0.15, 0.2) is 0 Å². The molecule has 1 saturated heterocycles. The lowest BCUT2D eigenvalue weighted by Crippen LogP contribution is -2.62. The van der Waals surface area contributed by atoms with Crippen molar-refractivity contribution in [3.8, 4) is 11.5 Å². The first-order valence-corrected chi connectivity index (χ1v) is 34.7. The highest BCUT2D eigenvalue weighted by Gasteiger charge is 2.39. The van der Waals surface area contributed by atoms with Crippen molar-refractivity contribution in [2.45, 2.75) is 177 Å². The van der Waals surface area contributed by atoms with Gasteiger partial charge in [-0.05, 0) is 111 Å². The number of para-hydroxylation sites is 1. The highest BCUT2D eigenvalue weighted by Crippen LogP contribution is 2.22. The summed E-state index contributed by atoms with van der Waals surface area (Å²) in [5.74, 6) is -14.1. The van der Waals surface area contributed by atoms with E-state index >= 15 is 0 Å². The van der Waals surface area contributed by atoms with Gasteiger partial charge in [-0.2, -0.15) is 0 Å². The molecule has 13 amide bonds. The monoisotopic (exact) mass is 1480 g/mol. The van der Waals surface area contributed by atoms with Gasteiger partial charge < -0.3 is 111 Å². The Bertz CT molecular complexity index is 3870. The van der Waals surface area contributed by atoms with Gasteiger partial charge in [-0.3, -0.25) is 62.3 Å². The van der Waals surface area contributed by atoms with E-state index in [2.05, 4.69) is 68.1 Å². The molecule has 2 aromatic heterocycles. The molecule has 574 valence electrons. The molecule has 0 unspecified atom stereocenters. The minimum Gasteiger partial charge on any atom is -0.508 e. The van der Waals surface area contributed by atoms with Gasteiger partial charge in [0, 0.05) is 74.1 Å². The van der Waals surface area contributed by atoms with E-state index in [4.69, 9.17) is 22.9 Å². The lowest BCUT2D eigenvalue weighted by molar-refractivity contribution is -0.148. The average Bonchev–Trinajstić information content (AvgIpc) is 1.76. The molecule has 24 N–H and O–H groups in total. The van der Waals surface area contributed by atoms with Crippen molar-refractivity contribution in [1.82, 2.24) is 73.0 Å². The first-order valence-electron chi connectivity index (χ1n) is 34.7. The number of nitrogens with two attached hydrogens (primary N) is 4. The van der Waals surface area contributed by atoms with Gasteiger partial charge >= 0.3 is 5.97 Å². The quantitative estimate of drug-likeness (QED) is 0.0166. The second kappa shape index (κ2) is 41.1. The van der Waals surface area contributed by atoms with E-state index in [1.54, 1.807) is 44.3 Å². The topological polar surface area (TPSA) is 592 Å². The van der Waals surface area contributed by atoms with E-state index in [0.29, 0.717) is 40.4 Å². The number of imidazole rings is 1. The molecule has 1 fully saturated rings. The number of carboxylic acids is 1. The Morgan fingerprint density at radius 2 is 1.08 bits per heavy atom. The van der Waals surface area contributed by atoms with Crippen LogP contribution in [0.1, 0.15) is 107 Å². The summed E-state index contributed by atoms with van der Waals surface area (Å²) in [5, 5.41) is 66.9. The summed E-state index contributed by atoms with van der Waals surface area (Å²) in [6.07, 6.45) is 1.56. The predicted octanol–water partition coefficient (Wildman–Crippen LogP) is -3.83. The third kappa shape index (κ3) is 26.0. The van der Waals surface area contributed by atoms with Crippen LogP contribution >= 0.6 is 0 Å². The minimum atomic E-state index is -1.89. The highest BCUT2D eigenvalue weighted by molar-refractivity contribution is 6.00. The first-order chi connectivity index (χ1) is 50.4. The van der Waals surface area contributed by atoms with Gasteiger partial charge in [-0.15, -0.1) is 0 Å². The Kier molecular flexibility index (Phi) is 32.3. The number of phenolic OH excluding ortho intramolecular Hbond substituents is 2. The summed E-state index contributed by atoms with van der Waals surface area (Å²) in [5.41, 5.74) is 25.1. The number of likely N-dealkylation sites (tertiary alicyclic amines) is 1. The molecule has 0 radical (unpaired) electrons.